The summed E-state index contributed by atoms with van der Waals surface area (Å²) >= 11 is 0. The van der Waals surface area contributed by atoms with Gasteiger partial charge in [0.25, 0.3) is 0 Å². The number of amides is 1. The Kier molecular flexibility index (Phi) is 4.04. The van der Waals surface area contributed by atoms with Crippen molar-refractivity contribution >= 4 is 12.1 Å². The standard InChI is InChI=1S/C13H21NO4/c1-6-17-10(15)13(7-9(2)8-13)14-11(16)18-12(3,4)5/h2,6-8H2,1,3-5H3,(H,14,16). The molecule has 0 aromatic heterocycles. The number of esters is 1. The third-order valence-electron chi connectivity index (χ3n) is 2.51. The smallest absolute Gasteiger partial charge is 0.408 e. The van der Waals surface area contributed by atoms with E-state index < -0.39 is 23.2 Å². The molecule has 0 bridgehead atoms. The second-order valence-electron chi connectivity index (χ2n) is 5.53. The van der Waals surface area contributed by atoms with Gasteiger partial charge >= 0.3 is 12.1 Å². The van der Waals surface area contributed by atoms with Crippen LogP contribution in [-0.4, -0.2) is 29.8 Å². The molecule has 18 heavy (non-hydrogen) atoms. The van der Waals surface area contributed by atoms with E-state index in [2.05, 4.69) is 11.9 Å². The first-order valence-corrected chi connectivity index (χ1v) is 6.03. The van der Waals surface area contributed by atoms with Crippen LogP contribution < -0.4 is 5.32 Å². The molecule has 1 N–H and O–H groups in total. The molecule has 1 saturated carbocycles. The molecule has 0 spiro atoms. The van der Waals surface area contributed by atoms with E-state index in [0.717, 1.165) is 5.57 Å². The number of hydrogen-bond donors (Lipinski definition) is 1. The van der Waals surface area contributed by atoms with E-state index in [1.807, 2.05) is 0 Å². The summed E-state index contributed by atoms with van der Waals surface area (Å²) in [5.74, 6) is -0.428. The Hall–Kier alpha value is -1.52. The van der Waals surface area contributed by atoms with Crippen LogP contribution in [0, 0.1) is 0 Å². The SMILES string of the molecule is C=C1CC(NC(=O)OC(C)(C)C)(C(=O)OCC)C1. The van der Waals surface area contributed by atoms with Crippen LogP contribution in [0.25, 0.3) is 0 Å². The summed E-state index contributed by atoms with van der Waals surface area (Å²) in [4.78, 5) is 23.6. The maximum atomic E-state index is 11.9. The van der Waals surface area contributed by atoms with Gasteiger partial charge < -0.3 is 14.8 Å². The van der Waals surface area contributed by atoms with Crippen molar-refractivity contribution in [2.45, 2.75) is 51.7 Å². The van der Waals surface area contributed by atoms with Crippen molar-refractivity contribution in [1.82, 2.24) is 5.32 Å². The summed E-state index contributed by atoms with van der Waals surface area (Å²) < 4.78 is 10.1. The number of ether oxygens (including phenoxy) is 2. The van der Waals surface area contributed by atoms with Gasteiger partial charge in [-0.25, -0.2) is 9.59 Å². The number of nitrogens with one attached hydrogen (secondary N) is 1. The summed E-state index contributed by atoms with van der Waals surface area (Å²) in [6.07, 6.45) is 0.207. The fourth-order valence-corrected chi connectivity index (χ4v) is 1.85. The highest BCUT2D eigenvalue weighted by atomic mass is 16.6. The minimum atomic E-state index is -0.991. The van der Waals surface area contributed by atoms with Gasteiger partial charge in [0.15, 0.2) is 0 Å². The lowest BCUT2D eigenvalue weighted by Crippen LogP contribution is -2.61. The van der Waals surface area contributed by atoms with E-state index in [9.17, 15) is 9.59 Å². The van der Waals surface area contributed by atoms with Crippen molar-refractivity contribution in [3.63, 3.8) is 0 Å². The van der Waals surface area contributed by atoms with Gasteiger partial charge in [-0.05, 0) is 27.7 Å². The molecule has 1 aliphatic rings. The molecule has 102 valence electrons. The van der Waals surface area contributed by atoms with Crippen molar-refractivity contribution in [2.24, 2.45) is 0 Å². The molecular weight excluding hydrogens is 234 g/mol. The lowest BCUT2D eigenvalue weighted by Gasteiger charge is -2.41. The minimum absolute atomic E-state index is 0.281. The number of hydrogen-bond acceptors (Lipinski definition) is 4. The molecule has 5 nitrogen and oxygen atoms in total. The maximum absolute atomic E-state index is 11.9. The van der Waals surface area contributed by atoms with Crippen LogP contribution in [0.15, 0.2) is 12.2 Å². The van der Waals surface area contributed by atoms with Gasteiger partial charge in [0, 0.05) is 12.8 Å². The van der Waals surface area contributed by atoms with E-state index in [0.29, 0.717) is 12.8 Å². The summed E-state index contributed by atoms with van der Waals surface area (Å²) in [7, 11) is 0. The summed E-state index contributed by atoms with van der Waals surface area (Å²) in [5, 5.41) is 2.60. The van der Waals surface area contributed by atoms with Gasteiger partial charge in [0.1, 0.15) is 11.1 Å². The first-order chi connectivity index (χ1) is 8.18. The summed E-state index contributed by atoms with van der Waals surface area (Å²) in [5.41, 5.74) is -0.671. The highest BCUT2D eigenvalue weighted by Gasteiger charge is 2.49. The Morgan fingerprint density at radius 1 is 1.39 bits per heavy atom. The molecule has 0 saturated heterocycles. The molecule has 0 aromatic carbocycles. The average Bonchev–Trinajstić information content (AvgIpc) is 2.11. The monoisotopic (exact) mass is 255 g/mol. The largest absolute Gasteiger partial charge is 0.464 e. The molecule has 0 aromatic rings. The van der Waals surface area contributed by atoms with Gasteiger partial charge in [-0.3, -0.25) is 0 Å². The van der Waals surface area contributed by atoms with Crippen LogP contribution in [0.4, 0.5) is 4.79 Å². The van der Waals surface area contributed by atoms with Crippen LogP contribution in [-0.2, 0) is 14.3 Å². The summed E-state index contributed by atoms with van der Waals surface area (Å²) in [6, 6.07) is 0. The molecule has 0 heterocycles. The highest BCUT2D eigenvalue weighted by Crippen LogP contribution is 2.37. The van der Waals surface area contributed by atoms with E-state index in [-0.39, 0.29) is 6.61 Å². The second kappa shape index (κ2) is 5.00. The molecule has 1 fully saturated rings. The molecule has 0 radical (unpaired) electrons. The zero-order valence-corrected chi connectivity index (χ0v) is 11.5. The fraction of sp³-hybridized carbons (Fsp3) is 0.692. The lowest BCUT2D eigenvalue weighted by atomic mass is 9.73. The van der Waals surface area contributed by atoms with Crippen molar-refractivity contribution in [1.29, 1.82) is 0 Å². The topological polar surface area (TPSA) is 64.6 Å². The molecule has 0 aliphatic heterocycles. The molecule has 1 rings (SSSR count). The van der Waals surface area contributed by atoms with E-state index in [1.165, 1.54) is 0 Å². The van der Waals surface area contributed by atoms with Gasteiger partial charge in [-0.1, -0.05) is 12.2 Å². The number of alkyl carbamates (subject to hydrolysis) is 1. The Morgan fingerprint density at radius 2 is 1.94 bits per heavy atom. The number of carbonyl (C=O) groups is 2. The molecule has 5 heteroatoms. The average molecular weight is 255 g/mol. The van der Waals surface area contributed by atoms with E-state index in [1.54, 1.807) is 27.7 Å². The predicted molar refractivity (Wildman–Crippen MR) is 67.1 cm³/mol. The molecule has 1 amide bonds. The zero-order chi connectivity index (χ0) is 14.0. The van der Waals surface area contributed by atoms with Crippen molar-refractivity contribution in [3.8, 4) is 0 Å². The maximum Gasteiger partial charge on any atom is 0.408 e. The van der Waals surface area contributed by atoms with Crippen LogP contribution >= 0.6 is 0 Å². The van der Waals surface area contributed by atoms with Crippen molar-refractivity contribution < 1.29 is 19.1 Å². The lowest BCUT2D eigenvalue weighted by molar-refractivity contribution is -0.153. The van der Waals surface area contributed by atoms with Gasteiger partial charge in [0.05, 0.1) is 6.61 Å². The normalized spacial score (nSPS) is 17.7. The van der Waals surface area contributed by atoms with Crippen LogP contribution in [0.1, 0.15) is 40.5 Å². The van der Waals surface area contributed by atoms with Crippen LogP contribution in [0.3, 0.4) is 0 Å². The van der Waals surface area contributed by atoms with Crippen molar-refractivity contribution in [2.75, 3.05) is 6.61 Å². The number of carbonyl (C=O) groups excluding carboxylic acids is 2. The third kappa shape index (κ3) is 3.48. The Labute approximate surface area is 108 Å². The fourth-order valence-electron chi connectivity index (χ4n) is 1.85. The quantitative estimate of drug-likeness (QED) is 0.620. The predicted octanol–water partition coefficient (Wildman–Crippen LogP) is 2.16. The molecule has 1 aliphatic carbocycles. The van der Waals surface area contributed by atoms with Crippen molar-refractivity contribution in [3.05, 3.63) is 12.2 Å². The number of rotatable bonds is 3. The first kappa shape index (κ1) is 14.5. The first-order valence-electron chi connectivity index (χ1n) is 6.03. The van der Waals surface area contributed by atoms with Crippen LogP contribution in [0.5, 0.6) is 0 Å². The minimum Gasteiger partial charge on any atom is -0.464 e. The van der Waals surface area contributed by atoms with Gasteiger partial charge in [-0.15, -0.1) is 0 Å². The van der Waals surface area contributed by atoms with Crippen LogP contribution in [0.2, 0.25) is 0 Å². The molecular formula is C13H21NO4. The molecule has 0 atom stereocenters. The van der Waals surface area contributed by atoms with E-state index >= 15 is 0 Å². The Morgan fingerprint density at radius 3 is 2.33 bits per heavy atom. The third-order valence-corrected chi connectivity index (χ3v) is 2.51. The van der Waals surface area contributed by atoms with Gasteiger partial charge in [0.2, 0.25) is 0 Å². The second-order valence-corrected chi connectivity index (χ2v) is 5.53. The Balaban J connectivity index is 2.67. The zero-order valence-electron chi connectivity index (χ0n) is 11.5. The Bertz CT molecular complexity index is 360. The highest BCUT2D eigenvalue weighted by molar-refractivity contribution is 5.88. The van der Waals surface area contributed by atoms with Gasteiger partial charge in [-0.2, -0.15) is 0 Å². The van der Waals surface area contributed by atoms with E-state index in [4.69, 9.17) is 9.47 Å². The summed E-state index contributed by atoms with van der Waals surface area (Å²) in [6.45, 7) is 11.1. The molecule has 0 unspecified atom stereocenters.